The van der Waals surface area contributed by atoms with Crippen molar-refractivity contribution in [2.24, 2.45) is 10.2 Å². The van der Waals surface area contributed by atoms with Crippen molar-refractivity contribution in [3.05, 3.63) is 50.7 Å². The predicted molar refractivity (Wildman–Crippen MR) is 127 cm³/mol. The zero-order valence-corrected chi connectivity index (χ0v) is 19.7. The molecule has 12 heteroatoms. The molecule has 34 heavy (non-hydrogen) atoms. The summed E-state index contributed by atoms with van der Waals surface area (Å²) < 4.78 is 16.8. The van der Waals surface area contributed by atoms with Crippen LogP contribution in [0.3, 0.4) is 0 Å². The molecule has 0 atom stereocenters. The number of aromatic nitrogens is 3. The van der Waals surface area contributed by atoms with E-state index >= 15 is 0 Å². The van der Waals surface area contributed by atoms with Crippen LogP contribution in [-0.4, -0.2) is 41.4 Å². The lowest BCUT2D eigenvalue weighted by atomic mass is 10.1. The van der Waals surface area contributed by atoms with Crippen LogP contribution >= 0.6 is 15.9 Å². The number of H-pyrrole nitrogens is 2. The van der Waals surface area contributed by atoms with Crippen molar-refractivity contribution in [1.82, 2.24) is 15.0 Å². The van der Waals surface area contributed by atoms with E-state index in [2.05, 4.69) is 41.1 Å². The van der Waals surface area contributed by atoms with Crippen molar-refractivity contribution < 1.29 is 19.3 Å². The number of nitrogens with one attached hydrogen (secondary N) is 2. The van der Waals surface area contributed by atoms with Crippen LogP contribution in [0, 0.1) is 11.3 Å². The normalized spacial score (nSPS) is 11.0. The van der Waals surface area contributed by atoms with Gasteiger partial charge in [0.1, 0.15) is 11.6 Å². The topological polar surface area (TPSA) is 158 Å². The average Bonchev–Trinajstić information content (AvgIpc) is 3.15. The maximum absolute atomic E-state index is 12.6. The summed E-state index contributed by atoms with van der Waals surface area (Å²) >= 11 is 3.38. The first-order valence-electron chi connectivity index (χ1n) is 9.66. The largest absolute Gasteiger partial charge is 0.493 e. The Morgan fingerprint density at radius 3 is 2.38 bits per heavy atom. The molecule has 0 unspecified atom stereocenters. The molecule has 0 amide bonds. The summed E-state index contributed by atoms with van der Waals surface area (Å²) in [6, 6.07) is 10.3. The number of methoxy groups -OCH3 is 3. The number of fused-ring (bicyclic) bond motifs is 1. The van der Waals surface area contributed by atoms with Crippen LogP contribution < -0.4 is 19.8 Å². The van der Waals surface area contributed by atoms with Gasteiger partial charge in [0, 0.05) is 15.4 Å². The molecule has 2 aromatic heterocycles. The molecule has 0 aliphatic rings. The van der Waals surface area contributed by atoms with Gasteiger partial charge in [-0.2, -0.15) is 5.26 Å². The second-order valence-corrected chi connectivity index (χ2v) is 7.77. The van der Waals surface area contributed by atoms with Gasteiger partial charge in [0.2, 0.25) is 17.6 Å². The monoisotopic (exact) mass is 524 g/mol. The van der Waals surface area contributed by atoms with Crippen molar-refractivity contribution in [2.75, 3.05) is 21.3 Å². The number of aromatic hydroxyl groups is 1. The Kier molecular flexibility index (Phi) is 6.20. The number of ether oxygens (including phenoxy) is 3. The zero-order chi connectivity index (χ0) is 24.4. The fourth-order valence-electron chi connectivity index (χ4n) is 3.37. The third-order valence-corrected chi connectivity index (χ3v) is 5.41. The lowest BCUT2D eigenvalue weighted by Gasteiger charge is -2.14. The first kappa shape index (κ1) is 22.8. The zero-order valence-electron chi connectivity index (χ0n) is 18.1. The van der Waals surface area contributed by atoms with E-state index in [0.29, 0.717) is 33.7 Å². The van der Waals surface area contributed by atoms with Crippen molar-refractivity contribution in [3.63, 3.8) is 0 Å². The molecule has 2 aromatic carbocycles. The highest BCUT2D eigenvalue weighted by Crippen LogP contribution is 2.41. The lowest BCUT2D eigenvalue weighted by Crippen LogP contribution is -2.13. The van der Waals surface area contributed by atoms with Gasteiger partial charge in [-0.1, -0.05) is 15.9 Å². The van der Waals surface area contributed by atoms with Crippen molar-refractivity contribution in [1.29, 1.82) is 5.26 Å². The Morgan fingerprint density at radius 2 is 1.76 bits per heavy atom. The molecule has 4 rings (SSSR count). The highest BCUT2D eigenvalue weighted by atomic mass is 79.9. The predicted octanol–water partition coefficient (Wildman–Crippen LogP) is 4.70. The minimum Gasteiger partial charge on any atom is -0.493 e. The van der Waals surface area contributed by atoms with E-state index in [-0.39, 0.29) is 28.8 Å². The Labute approximate surface area is 200 Å². The van der Waals surface area contributed by atoms with Crippen molar-refractivity contribution in [3.8, 4) is 40.5 Å². The molecule has 0 fully saturated rings. The van der Waals surface area contributed by atoms with Gasteiger partial charge in [-0.05, 0) is 30.3 Å². The number of rotatable bonds is 6. The van der Waals surface area contributed by atoms with Crippen LogP contribution in [0.25, 0.3) is 22.2 Å². The van der Waals surface area contributed by atoms with Gasteiger partial charge < -0.3 is 24.3 Å². The first-order valence-corrected chi connectivity index (χ1v) is 10.5. The Balaban J connectivity index is 1.86. The Hall–Kier alpha value is -4.37. The van der Waals surface area contributed by atoms with E-state index in [1.54, 1.807) is 24.3 Å². The summed E-state index contributed by atoms with van der Waals surface area (Å²) in [7, 11) is 4.36. The van der Waals surface area contributed by atoms with E-state index in [9.17, 15) is 15.2 Å². The molecule has 0 saturated carbocycles. The van der Waals surface area contributed by atoms with Crippen LogP contribution in [-0.2, 0) is 0 Å². The summed E-state index contributed by atoms with van der Waals surface area (Å²) in [5.41, 5.74) is 0.290. The maximum atomic E-state index is 12.6. The molecular formula is C22H17BrN6O5. The van der Waals surface area contributed by atoms with Crippen LogP contribution in [0.4, 0.5) is 11.6 Å². The third kappa shape index (κ3) is 4.04. The van der Waals surface area contributed by atoms with Gasteiger partial charge in [0.15, 0.2) is 17.2 Å². The summed E-state index contributed by atoms with van der Waals surface area (Å²) in [5.74, 6) is 0.618. The first-order chi connectivity index (χ1) is 16.4. The number of azo groups is 1. The quantitative estimate of drug-likeness (QED) is 0.308. The molecule has 0 radical (unpaired) electrons. The molecule has 172 valence electrons. The number of nitriles is 1. The summed E-state index contributed by atoms with van der Waals surface area (Å²) in [6.45, 7) is 0. The maximum Gasteiger partial charge on any atom is 0.270 e. The van der Waals surface area contributed by atoms with Gasteiger partial charge in [0.05, 0.1) is 32.5 Å². The summed E-state index contributed by atoms with van der Waals surface area (Å²) in [4.78, 5) is 22.1. The van der Waals surface area contributed by atoms with Crippen LogP contribution in [0.1, 0.15) is 5.56 Å². The van der Waals surface area contributed by atoms with Gasteiger partial charge in [-0.15, -0.1) is 10.2 Å². The van der Waals surface area contributed by atoms with Gasteiger partial charge in [0.25, 0.3) is 5.56 Å². The highest BCUT2D eigenvalue weighted by Gasteiger charge is 2.19. The van der Waals surface area contributed by atoms with E-state index < -0.39 is 5.56 Å². The summed E-state index contributed by atoms with van der Waals surface area (Å²) in [5, 5.41) is 28.5. The van der Waals surface area contributed by atoms with E-state index in [1.165, 1.54) is 21.3 Å². The number of benzene rings is 2. The number of halogens is 1. The molecule has 2 heterocycles. The molecule has 4 aromatic rings. The molecule has 0 aliphatic carbocycles. The molecule has 0 spiro atoms. The SMILES string of the molecule is COc1cc(-c2nc(N=Nc3c(O)[nH]c4ccc(Br)cc34)[nH]c(=O)c2C#N)cc(OC)c1OC. The van der Waals surface area contributed by atoms with Crippen molar-refractivity contribution in [2.45, 2.75) is 0 Å². The Morgan fingerprint density at radius 1 is 1.06 bits per heavy atom. The minimum absolute atomic E-state index is 0.0466. The van der Waals surface area contributed by atoms with Crippen LogP contribution in [0.5, 0.6) is 23.1 Å². The van der Waals surface area contributed by atoms with E-state index in [1.807, 2.05) is 12.1 Å². The van der Waals surface area contributed by atoms with Gasteiger partial charge >= 0.3 is 0 Å². The van der Waals surface area contributed by atoms with Gasteiger partial charge in [-0.25, -0.2) is 4.98 Å². The number of aromatic amines is 2. The molecule has 0 bridgehead atoms. The average molecular weight is 525 g/mol. The smallest absolute Gasteiger partial charge is 0.270 e. The van der Waals surface area contributed by atoms with Crippen LogP contribution in [0.15, 0.2) is 49.8 Å². The third-order valence-electron chi connectivity index (χ3n) is 4.92. The second kappa shape index (κ2) is 9.24. The standard InChI is InChI=1S/C22H17BrN6O5/c1-32-15-6-10(7-16(33-2)19(15)34-3)17-13(9-24)20(30)27-22(26-17)29-28-18-12-8-11(23)4-5-14(12)25-21(18)31/h4-8,25,31H,1-3H3,(H,26,27,30). The number of nitrogens with zero attached hydrogens (tertiary/aromatic N) is 4. The van der Waals surface area contributed by atoms with E-state index in [4.69, 9.17) is 14.2 Å². The molecular weight excluding hydrogens is 508 g/mol. The van der Waals surface area contributed by atoms with E-state index in [0.717, 1.165) is 4.47 Å². The van der Waals surface area contributed by atoms with Crippen molar-refractivity contribution >= 4 is 38.5 Å². The fraction of sp³-hybridized carbons (Fsp3) is 0.136. The fourth-order valence-corrected chi connectivity index (χ4v) is 3.73. The molecule has 0 aliphatic heterocycles. The molecule has 3 N–H and O–H groups in total. The number of hydrogen-bond acceptors (Lipinski definition) is 9. The number of hydrogen-bond donors (Lipinski definition) is 3. The molecule has 11 nitrogen and oxygen atoms in total. The molecule has 0 saturated heterocycles. The summed E-state index contributed by atoms with van der Waals surface area (Å²) in [6.07, 6.45) is 0. The minimum atomic E-state index is -0.707. The Bertz CT molecular complexity index is 1510. The van der Waals surface area contributed by atoms with Crippen LogP contribution in [0.2, 0.25) is 0 Å². The highest BCUT2D eigenvalue weighted by molar-refractivity contribution is 9.10. The lowest BCUT2D eigenvalue weighted by molar-refractivity contribution is 0.324. The second-order valence-electron chi connectivity index (χ2n) is 6.85. The van der Waals surface area contributed by atoms with Gasteiger partial charge in [-0.3, -0.25) is 9.78 Å².